The number of imidazole rings is 1. The summed E-state index contributed by atoms with van der Waals surface area (Å²) in [6, 6.07) is 0. The Labute approximate surface area is 97.7 Å². The van der Waals surface area contributed by atoms with Crippen molar-refractivity contribution in [2.24, 2.45) is 0 Å². The van der Waals surface area contributed by atoms with Gasteiger partial charge in [0.15, 0.2) is 9.99 Å². The van der Waals surface area contributed by atoms with Gasteiger partial charge in [-0.25, -0.2) is 15.0 Å². The zero-order valence-corrected chi connectivity index (χ0v) is 9.42. The summed E-state index contributed by atoms with van der Waals surface area (Å²) in [6.45, 7) is 0. The molecule has 0 amide bonds. The Morgan fingerprint density at radius 3 is 3.06 bits per heavy atom. The van der Waals surface area contributed by atoms with Crippen LogP contribution >= 0.6 is 23.3 Å². The average molecular weight is 251 g/mol. The van der Waals surface area contributed by atoms with Gasteiger partial charge in [-0.05, 0) is 23.3 Å². The summed E-state index contributed by atoms with van der Waals surface area (Å²) in [7, 11) is 0. The first-order valence-electron chi connectivity index (χ1n) is 4.24. The van der Waals surface area contributed by atoms with Crippen LogP contribution in [0.4, 0.5) is 5.95 Å². The van der Waals surface area contributed by atoms with Gasteiger partial charge in [-0.1, -0.05) is 0 Å². The number of nitrogens with zero attached hydrogens (tertiary/aromatic N) is 5. The van der Waals surface area contributed by atoms with Crippen molar-refractivity contribution in [2.45, 2.75) is 9.37 Å². The molecule has 3 aromatic heterocycles. The zero-order valence-electron chi connectivity index (χ0n) is 7.78. The van der Waals surface area contributed by atoms with E-state index in [0.29, 0.717) is 10.7 Å². The number of fused-ring (bicyclic) bond motifs is 1. The fourth-order valence-corrected chi connectivity index (χ4v) is 2.64. The Morgan fingerprint density at radius 1 is 1.31 bits per heavy atom. The Hall–Kier alpha value is -1.74. The highest BCUT2D eigenvalue weighted by Crippen LogP contribution is 2.30. The lowest BCUT2D eigenvalue weighted by atomic mass is 10.5. The summed E-state index contributed by atoms with van der Waals surface area (Å²) in [5.41, 5.74) is 6.90. The number of H-pyrrole nitrogens is 1. The predicted octanol–water partition coefficient (Wildman–Crippen LogP) is 0.938. The molecule has 0 aliphatic heterocycles. The third-order valence-corrected chi connectivity index (χ3v) is 3.50. The minimum Gasteiger partial charge on any atom is -0.368 e. The molecule has 3 rings (SSSR count). The van der Waals surface area contributed by atoms with Crippen LogP contribution in [0.3, 0.4) is 0 Å². The second-order valence-electron chi connectivity index (χ2n) is 2.80. The molecule has 0 aliphatic rings. The molecule has 80 valence electrons. The molecule has 3 N–H and O–H groups in total. The van der Waals surface area contributed by atoms with E-state index in [1.54, 1.807) is 6.33 Å². The number of anilines is 1. The minimum absolute atomic E-state index is 0.201. The highest BCUT2D eigenvalue weighted by Gasteiger charge is 2.11. The Bertz CT molecular complexity index is 617. The number of nitrogen functional groups attached to an aromatic ring is 1. The molecule has 3 aromatic rings. The van der Waals surface area contributed by atoms with Gasteiger partial charge in [0.05, 0.1) is 6.33 Å². The lowest BCUT2D eigenvalue weighted by molar-refractivity contribution is 1.10. The van der Waals surface area contributed by atoms with Crippen LogP contribution < -0.4 is 5.73 Å². The predicted molar refractivity (Wildman–Crippen MR) is 60.1 cm³/mol. The van der Waals surface area contributed by atoms with E-state index >= 15 is 0 Å². The quantitative estimate of drug-likeness (QED) is 0.652. The molecule has 0 saturated carbocycles. The van der Waals surface area contributed by atoms with Gasteiger partial charge in [0.2, 0.25) is 5.95 Å². The molecule has 0 bridgehead atoms. The number of aromatic nitrogens is 6. The topological polar surface area (TPSA) is 106 Å². The van der Waals surface area contributed by atoms with Gasteiger partial charge >= 0.3 is 0 Å². The molecule has 3 heterocycles. The van der Waals surface area contributed by atoms with E-state index in [4.69, 9.17) is 5.73 Å². The molecule has 0 unspecified atom stereocenters. The molecule has 0 aliphatic carbocycles. The van der Waals surface area contributed by atoms with Crippen LogP contribution in [0, 0.1) is 0 Å². The van der Waals surface area contributed by atoms with E-state index in [2.05, 4.69) is 29.3 Å². The Balaban J connectivity index is 2.11. The molecule has 7 nitrogen and oxygen atoms in total. The van der Waals surface area contributed by atoms with Gasteiger partial charge < -0.3 is 10.7 Å². The van der Waals surface area contributed by atoms with E-state index in [0.717, 1.165) is 9.86 Å². The third kappa shape index (κ3) is 1.59. The molecule has 0 saturated heterocycles. The van der Waals surface area contributed by atoms with E-state index in [9.17, 15) is 0 Å². The average Bonchev–Trinajstić information content (AvgIpc) is 2.87. The Kier molecular flexibility index (Phi) is 2.18. The molecule has 0 radical (unpaired) electrons. The van der Waals surface area contributed by atoms with E-state index in [1.165, 1.54) is 29.6 Å². The second-order valence-corrected chi connectivity index (χ2v) is 4.81. The number of aromatic amines is 1. The van der Waals surface area contributed by atoms with Crippen molar-refractivity contribution in [3.8, 4) is 0 Å². The SMILES string of the molecule is Nc1nc(Sc2ncns2)c2[nH]cnc2n1. The number of rotatable bonds is 2. The fourth-order valence-electron chi connectivity index (χ4n) is 1.19. The normalized spacial score (nSPS) is 11.0. The summed E-state index contributed by atoms with van der Waals surface area (Å²) in [4.78, 5) is 19.2. The highest BCUT2D eigenvalue weighted by molar-refractivity contribution is 8.01. The highest BCUT2D eigenvalue weighted by atomic mass is 32.2. The lowest BCUT2D eigenvalue weighted by Crippen LogP contribution is -1.96. The maximum Gasteiger partial charge on any atom is 0.223 e. The van der Waals surface area contributed by atoms with Crippen LogP contribution in [0.15, 0.2) is 22.0 Å². The van der Waals surface area contributed by atoms with Crippen molar-refractivity contribution in [3.63, 3.8) is 0 Å². The number of hydrogen-bond acceptors (Lipinski definition) is 8. The molecular weight excluding hydrogens is 246 g/mol. The smallest absolute Gasteiger partial charge is 0.223 e. The second kappa shape index (κ2) is 3.68. The summed E-state index contributed by atoms with van der Waals surface area (Å²) in [5.74, 6) is 0.201. The molecular formula is C7H5N7S2. The lowest BCUT2D eigenvalue weighted by Gasteiger charge is -1.99. The van der Waals surface area contributed by atoms with Crippen LogP contribution in [0.1, 0.15) is 0 Å². The first-order chi connectivity index (χ1) is 7.83. The number of hydrogen-bond donors (Lipinski definition) is 2. The van der Waals surface area contributed by atoms with E-state index < -0.39 is 0 Å². The van der Waals surface area contributed by atoms with Crippen molar-refractivity contribution >= 4 is 40.4 Å². The van der Waals surface area contributed by atoms with Crippen LogP contribution in [-0.4, -0.2) is 29.3 Å². The molecule has 0 aromatic carbocycles. The van der Waals surface area contributed by atoms with Crippen LogP contribution in [0.5, 0.6) is 0 Å². The Morgan fingerprint density at radius 2 is 2.25 bits per heavy atom. The fraction of sp³-hybridized carbons (Fsp3) is 0. The maximum atomic E-state index is 5.59. The van der Waals surface area contributed by atoms with Gasteiger partial charge in [0.1, 0.15) is 16.9 Å². The van der Waals surface area contributed by atoms with Crippen LogP contribution in [0.2, 0.25) is 0 Å². The van der Waals surface area contributed by atoms with Gasteiger partial charge in [0.25, 0.3) is 0 Å². The zero-order chi connectivity index (χ0) is 11.0. The first-order valence-corrected chi connectivity index (χ1v) is 5.83. The maximum absolute atomic E-state index is 5.59. The van der Waals surface area contributed by atoms with Gasteiger partial charge in [-0.15, -0.1) is 0 Å². The van der Waals surface area contributed by atoms with Gasteiger partial charge in [0, 0.05) is 0 Å². The standard InChI is InChI=1S/C7H5N7S2/c8-6-13-4-3(9-1-10-4)5(14-6)15-7-11-2-12-16-7/h1-2H,(H3,8,9,10,13,14). The molecule has 16 heavy (non-hydrogen) atoms. The van der Waals surface area contributed by atoms with Crippen molar-refractivity contribution in [3.05, 3.63) is 12.7 Å². The number of nitrogens with two attached hydrogens (primary N) is 1. The van der Waals surface area contributed by atoms with E-state index in [1.807, 2.05) is 0 Å². The molecule has 9 heteroatoms. The summed E-state index contributed by atoms with van der Waals surface area (Å²) in [6.07, 6.45) is 3.06. The van der Waals surface area contributed by atoms with Crippen molar-refractivity contribution < 1.29 is 0 Å². The van der Waals surface area contributed by atoms with Crippen molar-refractivity contribution in [1.82, 2.24) is 29.3 Å². The van der Waals surface area contributed by atoms with Crippen LogP contribution in [0.25, 0.3) is 11.2 Å². The van der Waals surface area contributed by atoms with Crippen molar-refractivity contribution in [2.75, 3.05) is 5.73 Å². The van der Waals surface area contributed by atoms with Gasteiger partial charge in [-0.2, -0.15) is 9.36 Å². The largest absolute Gasteiger partial charge is 0.368 e. The van der Waals surface area contributed by atoms with Crippen LogP contribution in [-0.2, 0) is 0 Å². The molecule has 0 fully saturated rings. The molecule has 0 spiro atoms. The molecule has 0 atom stereocenters. The number of nitrogens with one attached hydrogen (secondary N) is 1. The summed E-state index contributed by atoms with van der Waals surface area (Å²) < 4.78 is 4.72. The summed E-state index contributed by atoms with van der Waals surface area (Å²) >= 11 is 2.69. The van der Waals surface area contributed by atoms with Gasteiger partial charge in [-0.3, -0.25) is 0 Å². The minimum atomic E-state index is 0.201. The summed E-state index contributed by atoms with van der Waals surface area (Å²) in [5, 5.41) is 0.705. The van der Waals surface area contributed by atoms with Crippen molar-refractivity contribution in [1.29, 1.82) is 0 Å². The monoisotopic (exact) mass is 251 g/mol. The third-order valence-electron chi connectivity index (χ3n) is 1.79. The van der Waals surface area contributed by atoms with E-state index in [-0.39, 0.29) is 5.95 Å². The first kappa shape index (κ1) is 9.48.